The number of rotatable bonds is 5. The summed E-state index contributed by atoms with van der Waals surface area (Å²) in [5.74, 6) is 0. The molecular weight excluding hydrogens is 387 g/mol. The molecule has 2 N–H and O–H groups in total. The maximum atomic E-state index is 6.41. The molecule has 108 valence electrons. The summed E-state index contributed by atoms with van der Waals surface area (Å²) in [6.07, 6.45) is 1.67. The predicted octanol–water partition coefficient (Wildman–Crippen LogP) is 2.75. The van der Waals surface area contributed by atoms with E-state index < -0.39 is 0 Å². The van der Waals surface area contributed by atoms with Crippen LogP contribution >= 0.6 is 34.2 Å². The molecule has 2 aromatic rings. The number of hydrogen-bond acceptors (Lipinski definition) is 3. The highest BCUT2D eigenvalue weighted by Gasteiger charge is 2.20. The minimum absolute atomic E-state index is 0.264. The van der Waals surface area contributed by atoms with Crippen LogP contribution in [-0.4, -0.2) is 35.3 Å². The first kappa shape index (κ1) is 15.8. The topological polar surface area (TPSA) is 47.1 Å². The van der Waals surface area contributed by atoms with Gasteiger partial charge in [-0.15, -0.1) is 0 Å². The van der Waals surface area contributed by atoms with Gasteiger partial charge < -0.3 is 10.6 Å². The molecule has 0 radical (unpaired) electrons. The van der Waals surface area contributed by atoms with Crippen molar-refractivity contribution in [2.24, 2.45) is 5.73 Å². The van der Waals surface area contributed by atoms with E-state index in [4.69, 9.17) is 17.3 Å². The van der Waals surface area contributed by atoms with Gasteiger partial charge in [0.15, 0.2) is 0 Å². The minimum Gasteiger partial charge on any atom is -0.319 e. The van der Waals surface area contributed by atoms with Crippen LogP contribution in [0, 0.1) is 3.57 Å². The quantitative estimate of drug-likeness (QED) is 0.780. The molecule has 0 saturated carbocycles. The van der Waals surface area contributed by atoms with E-state index in [1.807, 2.05) is 43.0 Å². The summed E-state index contributed by atoms with van der Waals surface area (Å²) < 4.78 is 3.03. The molecule has 0 fully saturated rings. The van der Waals surface area contributed by atoms with E-state index in [2.05, 4.69) is 32.6 Å². The average Bonchev–Trinajstić information content (AvgIpc) is 2.77. The van der Waals surface area contributed by atoms with E-state index in [-0.39, 0.29) is 6.04 Å². The second-order valence-corrected chi connectivity index (χ2v) is 6.47. The number of halogens is 2. The third-order valence-corrected chi connectivity index (χ3v) is 4.40. The van der Waals surface area contributed by atoms with Gasteiger partial charge in [-0.25, -0.2) is 0 Å². The second-order valence-electron chi connectivity index (χ2n) is 4.90. The Hall–Kier alpha value is -0.630. The smallest absolute Gasteiger partial charge is 0.0837 e. The van der Waals surface area contributed by atoms with Gasteiger partial charge in [0.1, 0.15) is 0 Å². The molecule has 2 rings (SSSR count). The first-order chi connectivity index (χ1) is 9.50. The largest absolute Gasteiger partial charge is 0.319 e. The number of hydrogen-bond donors (Lipinski definition) is 1. The molecule has 0 spiro atoms. The number of aromatic nitrogens is 2. The van der Waals surface area contributed by atoms with Gasteiger partial charge in [0, 0.05) is 10.1 Å². The van der Waals surface area contributed by atoms with Gasteiger partial charge in [0.2, 0.25) is 0 Å². The van der Waals surface area contributed by atoms with Gasteiger partial charge in [-0.1, -0.05) is 29.8 Å². The zero-order valence-corrected chi connectivity index (χ0v) is 14.5. The molecule has 1 unspecified atom stereocenters. The highest BCUT2D eigenvalue weighted by molar-refractivity contribution is 14.1. The minimum atomic E-state index is -0.264. The Labute approximate surface area is 138 Å². The molecule has 1 heterocycles. The lowest BCUT2D eigenvalue weighted by atomic mass is 10.0. The van der Waals surface area contributed by atoms with Gasteiger partial charge in [-0.2, -0.15) is 5.10 Å². The van der Waals surface area contributed by atoms with E-state index >= 15 is 0 Å². The number of nitrogens with zero attached hydrogens (tertiary/aromatic N) is 3. The second kappa shape index (κ2) is 6.89. The molecule has 0 aliphatic carbocycles. The summed E-state index contributed by atoms with van der Waals surface area (Å²) in [5.41, 5.74) is 8.35. The third-order valence-electron chi connectivity index (χ3n) is 3.13. The molecule has 1 aromatic carbocycles. The summed E-state index contributed by atoms with van der Waals surface area (Å²) >= 11 is 8.57. The normalized spacial score (nSPS) is 12.9. The molecule has 1 atom stereocenters. The van der Waals surface area contributed by atoms with Crippen LogP contribution in [0.5, 0.6) is 0 Å². The van der Waals surface area contributed by atoms with Crippen molar-refractivity contribution in [3.05, 3.63) is 50.3 Å². The van der Waals surface area contributed by atoms with E-state index in [0.29, 0.717) is 5.02 Å². The van der Waals surface area contributed by atoms with Crippen molar-refractivity contribution in [3.63, 3.8) is 0 Å². The maximum absolute atomic E-state index is 6.41. The fourth-order valence-corrected chi connectivity index (χ4v) is 3.01. The molecule has 6 heteroatoms. The zero-order chi connectivity index (χ0) is 14.7. The molecule has 1 aromatic heterocycles. The SMILES string of the molecule is CN(C)CCn1ncc(Cl)c1C(N)c1ccccc1I. The highest BCUT2D eigenvalue weighted by Crippen LogP contribution is 2.28. The van der Waals surface area contributed by atoms with Crippen molar-refractivity contribution < 1.29 is 0 Å². The van der Waals surface area contributed by atoms with Crippen LogP contribution in [0.1, 0.15) is 17.3 Å². The molecule has 0 bridgehead atoms. The fraction of sp³-hybridized carbons (Fsp3) is 0.357. The standard InChI is InChI=1S/C14H18ClIN4/c1-19(2)7-8-20-14(11(15)9-18-20)13(17)10-5-3-4-6-12(10)16/h3-6,9,13H,7-8,17H2,1-2H3. The molecule has 0 amide bonds. The summed E-state index contributed by atoms with van der Waals surface area (Å²) in [6.45, 7) is 1.66. The van der Waals surface area contributed by atoms with Gasteiger partial charge >= 0.3 is 0 Å². The van der Waals surface area contributed by atoms with Crippen molar-refractivity contribution >= 4 is 34.2 Å². The van der Waals surface area contributed by atoms with Gasteiger partial charge in [0.05, 0.1) is 29.5 Å². The van der Waals surface area contributed by atoms with Gasteiger partial charge in [-0.3, -0.25) is 4.68 Å². The van der Waals surface area contributed by atoms with Crippen molar-refractivity contribution in [1.29, 1.82) is 0 Å². The zero-order valence-electron chi connectivity index (χ0n) is 11.6. The van der Waals surface area contributed by atoms with E-state index in [9.17, 15) is 0 Å². The van der Waals surface area contributed by atoms with Crippen LogP contribution in [0.4, 0.5) is 0 Å². The molecule has 0 aliphatic rings. The Morgan fingerprint density at radius 2 is 2.10 bits per heavy atom. The lowest BCUT2D eigenvalue weighted by molar-refractivity contribution is 0.368. The first-order valence-corrected chi connectivity index (χ1v) is 7.82. The van der Waals surface area contributed by atoms with Gasteiger partial charge in [-0.05, 0) is 48.3 Å². The summed E-state index contributed by atoms with van der Waals surface area (Å²) in [6, 6.07) is 7.81. The van der Waals surface area contributed by atoms with Crippen LogP contribution in [0.3, 0.4) is 0 Å². The molecule has 20 heavy (non-hydrogen) atoms. The predicted molar refractivity (Wildman–Crippen MR) is 91.0 cm³/mol. The molecule has 4 nitrogen and oxygen atoms in total. The summed E-state index contributed by atoms with van der Waals surface area (Å²) in [5, 5.41) is 4.96. The Kier molecular flexibility index (Phi) is 5.42. The lowest BCUT2D eigenvalue weighted by Crippen LogP contribution is -2.24. The van der Waals surface area contributed by atoms with Crippen molar-refractivity contribution in [1.82, 2.24) is 14.7 Å². The fourth-order valence-electron chi connectivity index (χ4n) is 2.03. The van der Waals surface area contributed by atoms with Crippen LogP contribution in [0.25, 0.3) is 0 Å². The van der Waals surface area contributed by atoms with E-state index in [1.54, 1.807) is 6.20 Å². The van der Waals surface area contributed by atoms with Crippen LogP contribution in [-0.2, 0) is 6.54 Å². The monoisotopic (exact) mass is 404 g/mol. The first-order valence-electron chi connectivity index (χ1n) is 6.36. The Morgan fingerprint density at radius 3 is 2.75 bits per heavy atom. The highest BCUT2D eigenvalue weighted by atomic mass is 127. The number of benzene rings is 1. The van der Waals surface area contributed by atoms with Crippen LogP contribution in [0.2, 0.25) is 5.02 Å². The molecule has 0 saturated heterocycles. The van der Waals surface area contributed by atoms with Crippen molar-refractivity contribution in [3.8, 4) is 0 Å². The average molecular weight is 405 g/mol. The molecule has 0 aliphatic heterocycles. The van der Waals surface area contributed by atoms with E-state index in [0.717, 1.165) is 27.9 Å². The van der Waals surface area contributed by atoms with Crippen LogP contribution in [0.15, 0.2) is 30.5 Å². The van der Waals surface area contributed by atoms with Gasteiger partial charge in [0.25, 0.3) is 0 Å². The third kappa shape index (κ3) is 3.52. The van der Waals surface area contributed by atoms with Crippen molar-refractivity contribution in [2.45, 2.75) is 12.6 Å². The summed E-state index contributed by atoms with van der Waals surface area (Å²) in [4.78, 5) is 2.11. The summed E-state index contributed by atoms with van der Waals surface area (Å²) in [7, 11) is 4.07. The van der Waals surface area contributed by atoms with Crippen LogP contribution < -0.4 is 5.73 Å². The maximum Gasteiger partial charge on any atom is 0.0837 e. The Balaban J connectivity index is 2.32. The lowest BCUT2D eigenvalue weighted by Gasteiger charge is -2.18. The number of nitrogens with two attached hydrogens (primary N) is 1. The Bertz CT molecular complexity index is 582. The number of likely N-dealkylation sites (N-methyl/N-ethyl adjacent to an activating group) is 1. The van der Waals surface area contributed by atoms with E-state index in [1.165, 1.54) is 0 Å². The molecular formula is C14H18ClIN4. The Morgan fingerprint density at radius 1 is 1.40 bits per heavy atom. The van der Waals surface area contributed by atoms with Crippen molar-refractivity contribution in [2.75, 3.05) is 20.6 Å².